The van der Waals surface area contributed by atoms with Crippen molar-refractivity contribution in [2.24, 2.45) is 0 Å². The molecule has 7 nitrogen and oxygen atoms in total. The highest BCUT2D eigenvalue weighted by Gasteiger charge is 2.24. The van der Waals surface area contributed by atoms with Crippen LogP contribution in [0.1, 0.15) is 0 Å². The molecule has 2 heterocycles. The number of amides is 1. The van der Waals surface area contributed by atoms with Crippen molar-refractivity contribution in [2.45, 2.75) is 10.1 Å². The molecule has 0 atom stereocenters. The molecule has 4 rings (SSSR count). The third kappa shape index (κ3) is 4.18. The third-order valence-corrected chi connectivity index (χ3v) is 7.09. The SMILES string of the molecule is O=C(CSc1nc2ccccc2n1S(=O)(=O)c1ccccc1)Nc1ccc(Cl)cn1. The molecule has 0 aliphatic carbocycles. The van der Waals surface area contributed by atoms with Crippen molar-refractivity contribution in [3.63, 3.8) is 0 Å². The van der Waals surface area contributed by atoms with Gasteiger partial charge in [0.15, 0.2) is 5.16 Å². The van der Waals surface area contributed by atoms with E-state index >= 15 is 0 Å². The maximum Gasteiger partial charge on any atom is 0.270 e. The highest BCUT2D eigenvalue weighted by Crippen LogP contribution is 2.29. The highest BCUT2D eigenvalue weighted by atomic mass is 35.5. The number of nitrogens with zero attached hydrogens (tertiary/aromatic N) is 3. The molecular formula is C20H15ClN4O3S2. The number of imidazole rings is 1. The summed E-state index contributed by atoms with van der Waals surface area (Å²) in [7, 11) is -3.89. The lowest BCUT2D eigenvalue weighted by Crippen LogP contribution is -2.17. The van der Waals surface area contributed by atoms with Crippen molar-refractivity contribution in [1.82, 2.24) is 13.9 Å². The van der Waals surface area contributed by atoms with Crippen LogP contribution in [0.4, 0.5) is 5.82 Å². The van der Waals surface area contributed by atoms with Crippen molar-refractivity contribution in [1.29, 1.82) is 0 Å². The number of thioether (sulfide) groups is 1. The van der Waals surface area contributed by atoms with Crippen LogP contribution in [-0.4, -0.2) is 34.0 Å². The fourth-order valence-electron chi connectivity index (χ4n) is 2.76. The van der Waals surface area contributed by atoms with Crippen LogP contribution in [0.5, 0.6) is 0 Å². The molecule has 0 spiro atoms. The lowest BCUT2D eigenvalue weighted by atomic mass is 10.3. The van der Waals surface area contributed by atoms with Gasteiger partial charge >= 0.3 is 0 Å². The van der Waals surface area contributed by atoms with E-state index in [1.54, 1.807) is 54.6 Å². The number of nitrogens with one attached hydrogen (secondary N) is 1. The number of carbonyl (C=O) groups excluding carboxylic acids is 1. The van der Waals surface area contributed by atoms with Crippen molar-refractivity contribution >= 4 is 56.1 Å². The molecule has 2 aromatic heterocycles. The van der Waals surface area contributed by atoms with Gasteiger partial charge < -0.3 is 5.32 Å². The Morgan fingerprint density at radius 1 is 1.03 bits per heavy atom. The van der Waals surface area contributed by atoms with Crippen LogP contribution in [0.25, 0.3) is 11.0 Å². The molecule has 152 valence electrons. The van der Waals surface area contributed by atoms with Gasteiger partial charge in [0, 0.05) is 6.20 Å². The molecule has 0 aliphatic heterocycles. The number of para-hydroxylation sites is 2. The first-order chi connectivity index (χ1) is 14.4. The van der Waals surface area contributed by atoms with Crippen LogP contribution in [0.3, 0.4) is 0 Å². The minimum absolute atomic E-state index is 0.0437. The van der Waals surface area contributed by atoms with Crippen LogP contribution in [0.15, 0.2) is 83.0 Å². The average molecular weight is 459 g/mol. The first-order valence-corrected chi connectivity index (χ1v) is 11.6. The molecule has 1 amide bonds. The van der Waals surface area contributed by atoms with Gasteiger partial charge in [-0.2, -0.15) is 0 Å². The molecule has 0 radical (unpaired) electrons. The van der Waals surface area contributed by atoms with E-state index in [1.165, 1.54) is 22.3 Å². The van der Waals surface area contributed by atoms with Gasteiger partial charge in [0.1, 0.15) is 5.82 Å². The summed E-state index contributed by atoms with van der Waals surface area (Å²) in [4.78, 5) is 20.9. The predicted molar refractivity (Wildman–Crippen MR) is 117 cm³/mol. The average Bonchev–Trinajstić information content (AvgIpc) is 3.14. The van der Waals surface area contributed by atoms with Gasteiger partial charge in [0.25, 0.3) is 10.0 Å². The minimum Gasteiger partial charge on any atom is -0.310 e. The van der Waals surface area contributed by atoms with Gasteiger partial charge in [-0.1, -0.05) is 53.7 Å². The molecule has 0 aliphatic rings. The maximum absolute atomic E-state index is 13.3. The summed E-state index contributed by atoms with van der Waals surface area (Å²) < 4.78 is 27.7. The number of carbonyl (C=O) groups is 1. The lowest BCUT2D eigenvalue weighted by Gasteiger charge is -2.10. The molecule has 0 saturated carbocycles. The molecule has 4 aromatic rings. The Kier molecular flexibility index (Phi) is 5.76. The molecule has 0 bridgehead atoms. The summed E-state index contributed by atoms with van der Waals surface area (Å²) in [5, 5.41) is 3.32. The second-order valence-corrected chi connectivity index (χ2v) is 9.33. The van der Waals surface area contributed by atoms with E-state index in [1.807, 2.05) is 0 Å². The second kappa shape index (κ2) is 8.47. The van der Waals surface area contributed by atoms with Crippen molar-refractivity contribution in [3.8, 4) is 0 Å². The molecule has 2 aromatic carbocycles. The standard InChI is InChI=1S/C20H15ClN4O3S2/c21-14-10-11-18(22-12-14)24-19(26)13-29-20-23-16-8-4-5-9-17(16)25(20)30(27,28)15-6-2-1-3-7-15/h1-12H,13H2,(H,22,24,26). The van der Waals surface area contributed by atoms with Crippen molar-refractivity contribution < 1.29 is 13.2 Å². The summed E-state index contributed by atoms with van der Waals surface area (Å²) in [5.74, 6) is -0.0289. The molecule has 0 unspecified atom stereocenters. The summed E-state index contributed by atoms with van der Waals surface area (Å²) in [6.07, 6.45) is 1.43. The number of hydrogen-bond donors (Lipinski definition) is 1. The molecule has 0 fully saturated rings. The predicted octanol–water partition coefficient (Wildman–Crippen LogP) is 4.05. The molecule has 1 N–H and O–H groups in total. The van der Waals surface area contributed by atoms with E-state index in [9.17, 15) is 13.2 Å². The number of aromatic nitrogens is 3. The van der Waals surface area contributed by atoms with Gasteiger partial charge in [0.2, 0.25) is 5.91 Å². The number of halogens is 1. The van der Waals surface area contributed by atoms with E-state index in [4.69, 9.17) is 11.6 Å². The molecule has 0 saturated heterocycles. The van der Waals surface area contributed by atoms with Gasteiger partial charge in [0.05, 0.1) is 26.7 Å². The Hall–Kier alpha value is -2.88. The molecule has 10 heteroatoms. The quantitative estimate of drug-likeness (QED) is 0.438. The van der Waals surface area contributed by atoms with E-state index in [-0.39, 0.29) is 21.7 Å². The summed E-state index contributed by atoms with van der Waals surface area (Å²) in [6, 6.07) is 18.2. The van der Waals surface area contributed by atoms with E-state index in [0.717, 1.165) is 11.8 Å². The number of benzene rings is 2. The number of fused-ring (bicyclic) bond motifs is 1. The second-order valence-electron chi connectivity index (χ2n) is 6.16. The monoisotopic (exact) mass is 458 g/mol. The normalized spacial score (nSPS) is 11.5. The minimum atomic E-state index is -3.89. The van der Waals surface area contributed by atoms with Crippen LogP contribution >= 0.6 is 23.4 Å². The zero-order valence-electron chi connectivity index (χ0n) is 15.4. The Labute approximate surface area is 182 Å². The van der Waals surface area contributed by atoms with Crippen molar-refractivity contribution in [3.05, 3.63) is 77.9 Å². The first kappa shape index (κ1) is 20.4. The Balaban J connectivity index is 1.64. The van der Waals surface area contributed by atoms with Crippen LogP contribution in [0.2, 0.25) is 5.02 Å². The topological polar surface area (TPSA) is 94.0 Å². The summed E-state index contributed by atoms with van der Waals surface area (Å²) in [5.41, 5.74) is 0.975. The van der Waals surface area contributed by atoms with Crippen LogP contribution < -0.4 is 5.32 Å². The maximum atomic E-state index is 13.3. The lowest BCUT2D eigenvalue weighted by molar-refractivity contribution is -0.113. The number of hydrogen-bond acceptors (Lipinski definition) is 6. The first-order valence-electron chi connectivity index (χ1n) is 8.77. The Morgan fingerprint density at radius 2 is 1.77 bits per heavy atom. The van der Waals surface area contributed by atoms with Gasteiger partial charge in [-0.15, -0.1) is 0 Å². The van der Waals surface area contributed by atoms with Gasteiger partial charge in [-0.25, -0.2) is 22.4 Å². The zero-order chi connectivity index (χ0) is 21.1. The summed E-state index contributed by atoms with van der Waals surface area (Å²) in [6.45, 7) is 0. The number of pyridine rings is 1. The van der Waals surface area contributed by atoms with E-state index in [0.29, 0.717) is 21.9 Å². The fourth-order valence-corrected chi connectivity index (χ4v) is 5.41. The number of rotatable bonds is 6. The largest absolute Gasteiger partial charge is 0.310 e. The summed E-state index contributed by atoms with van der Waals surface area (Å²) >= 11 is 6.82. The number of anilines is 1. The molecular weight excluding hydrogens is 444 g/mol. The highest BCUT2D eigenvalue weighted by molar-refractivity contribution is 8.00. The zero-order valence-corrected chi connectivity index (χ0v) is 17.8. The van der Waals surface area contributed by atoms with Gasteiger partial charge in [-0.3, -0.25) is 4.79 Å². The Morgan fingerprint density at radius 3 is 2.50 bits per heavy atom. The van der Waals surface area contributed by atoms with Crippen molar-refractivity contribution in [2.75, 3.05) is 11.1 Å². The third-order valence-electron chi connectivity index (χ3n) is 4.10. The van der Waals surface area contributed by atoms with E-state index < -0.39 is 10.0 Å². The smallest absolute Gasteiger partial charge is 0.270 e. The van der Waals surface area contributed by atoms with Gasteiger partial charge in [-0.05, 0) is 36.4 Å². The van der Waals surface area contributed by atoms with Crippen LogP contribution in [0, 0.1) is 0 Å². The van der Waals surface area contributed by atoms with E-state index in [2.05, 4.69) is 15.3 Å². The fraction of sp³-hybridized carbons (Fsp3) is 0.0500. The Bertz CT molecular complexity index is 1310. The van der Waals surface area contributed by atoms with Crippen LogP contribution in [-0.2, 0) is 14.8 Å². The molecule has 30 heavy (non-hydrogen) atoms.